The Bertz CT molecular complexity index is 524. The van der Waals surface area contributed by atoms with Crippen LogP contribution in [0.3, 0.4) is 0 Å². The Hall–Kier alpha value is 0.180. The van der Waals surface area contributed by atoms with E-state index < -0.39 is 10.0 Å². The van der Waals surface area contributed by atoms with Gasteiger partial charge in [0, 0.05) is 11.3 Å². The van der Waals surface area contributed by atoms with Gasteiger partial charge in [-0.1, -0.05) is 42.2 Å². The predicted octanol–water partition coefficient (Wildman–Crippen LogP) is 3.14. The molecule has 1 saturated carbocycles. The van der Waals surface area contributed by atoms with E-state index >= 15 is 0 Å². The highest BCUT2D eigenvalue weighted by molar-refractivity contribution is 8.00. The minimum atomic E-state index is -3.48. The summed E-state index contributed by atoms with van der Waals surface area (Å²) >= 11 is 8.43. The highest BCUT2D eigenvalue weighted by atomic mass is 35.5. The fourth-order valence-electron chi connectivity index (χ4n) is 2.31. The second-order valence-electron chi connectivity index (χ2n) is 4.70. The maximum absolute atomic E-state index is 12.1. The number of thioether (sulfide) groups is 1. The lowest BCUT2D eigenvalue weighted by molar-refractivity contribution is 0.395. The highest BCUT2D eigenvalue weighted by Crippen LogP contribution is 2.38. The summed E-state index contributed by atoms with van der Waals surface area (Å²) in [5.41, 5.74) is 0. The quantitative estimate of drug-likeness (QED) is 0.894. The number of sulfonamides is 1. The first-order chi connectivity index (χ1) is 8.97. The Balaban J connectivity index is 2.04. The Labute approximate surface area is 127 Å². The van der Waals surface area contributed by atoms with E-state index in [1.54, 1.807) is 11.8 Å². The van der Waals surface area contributed by atoms with Crippen molar-refractivity contribution in [3.8, 4) is 0 Å². The third-order valence-electron chi connectivity index (χ3n) is 3.50. The zero-order chi connectivity index (χ0) is 13.9. The number of nitrogens with one attached hydrogen (secondary N) is 1. The molecule has 0 spiro atoms. The fourth-order valence-corrected chi connectivity index (χ4v) is 5.78. The molecule has 0 radical (unpaired) electrons. The van der Waals surface area contributed by atoms with Crippen LogP contribution in [-0.4, -0.2) is 30.9 Å². The topological polar surface area (TPSA) is 59.1 Å². The highest BCUT2D eigenvalue weighted by Gasteiger charge is 2.33. The van der Waals surface area contributed by atoms with Gasteiger partial charge in [-0.2, -0.15) is 11.8 Å². The molecule has 1 aliphatic carbocycles. The van der Waals surface area contributed by atoms with E-state index in [1.807, 2.05) is 0 Å². The molecule has 1 aromatic heterocycles. The van der Waals surface area contributed by atoms with Crippen molar-refractivity contribution < 1.29 is 8.42 Å². The van der Waals surface area contributed by atoms with Crippen LogP contribution in [-0.2, 0) is 10.0 Å². The molecule has 4 nitrogen and oxygen atoms in total. The molecule has 0 atom stereocenters. The molecule has 0 unspecified atom stereocenters. The van der Waals surface area contributed by atoms with E-state index in [2.05, 4.69) is 16.0 Å². The van der Waals surface area contributed by atoms with Crippen molar-refractivity contribution in [1.82, 2.24) is 9.71 Å². The maximum atomic E-state index is 12.1. The van der Waals surface area contributed by atoms with Crippen molar-refractivity contribution in [2.45, 2.75) is 41.1 Å². The molecule has 0 amide bonds. The van der Waals surface area contributed by atoms with Crippen molar-refractivity contribution in [1.29, 1.82) is 0 Å². The Morgan fingerprint density at radius 1 is 1.47 bits per heavy atom. The third-order valence-corrected chi connectivity index (χ3v) is 7.90. The lowest BCUT2D eigenvalue weighted by Gasteiger charge is -2.35. The Morgan fingerprint density at radius 3 is 2.68 bits per heavy atom. The first kappa shape index (κ1) is 15.6. The molecular formula is C11H17ClN2O2S3. The van der Waals surface area contributed by atoms with Gasteiger partial charge in [0.15, 0.2) is 8.68 Å². The van der Waals surface area contributed by atoms with Gasteiger partial charge < -0.3 is 0 Å². The number of halogens is 1. The molecule has 0 aliphatic heterocycles. The van der Waals surface area contributed by atoms with Gasteiger partial charge in [-0.25, -0.2) is 18.1 Å². The van der Waals surface area contributed by atoms with Gasteiger partial charge >= 0.3 is 0 Å². The molecule has 1 fully saturated rings. The molecule has 0 aromatic carbocycles. The molecule has 19 heavy (non-hydrogen) atoms. The monoisotopic (exact) mass is 340 g/mol. The standard InChI is InChI=1S/C11H17ClN2O2S3/c1-17-11(5-3-2-4-6-11)8-14-19(15,16)9-7-13-10(12)18-9/h7,14H,2-6,8H2,1H3. The van der Waals surface area contributed by atoms with Gasteiger partial charge in [0.2, 0.25) is 0 Å². The van der Waals surface area contributed by atoms with Gasteiger partial charge in [0.05, 0.1) is 6.20 Å². The summed E-state index contributed by atoms with van der Waals surface area (Å²) in [6.07, 6.45) is 9.11. The SMILES string of the molecule is CSC1(CNS(=O)(=O)c2cnc(Cl)s2)CCCCC1. The zero-order valence-corrected chi connectivity index (χ0v) is 13.9. The number of thiazole rings is 1. The predicted molar refractivity (Wildman–Crippen MR) is 81.6 cm³/mol. The molecule has 1 heterocycles. The minimum Gasteiger partial charge on any atom is -0.232 e. The van der Waals surface area contributed by atoms with Crippen LogP contribution in [0.2, 0.25) is 4.47 Å². The molecule has 1 N–H and O–H groups in total. The average Bonchev–Trinajstić information content (AvgIpc) is 2.85. The maximum Gasteiger partial charge on any atom is 0.251 e. The number of rotatable bonds is 5. The normalized spacial score (nSPS) is 19.5. The van der Waals surface area contributed by atoms with E-state index in [9.17, 15) is 8.42 Å². The number of nitrogens with zero attached hydrogens (tertiary/aromatic N) is 1. The van der Waals surface area contributed by atoms with E-state index in [4.69, 9.17) is 11.6 Å². The van der Waals surface area contributed by atoms with Gasteiger partial charge in [-0.05, 0) is 19.1 Å². The van der Waals surface area contributed by atoms with Crippen molar-refractivity contribution >= 4 is 44.7 Å². The summed E-state index contributed by atoms with van der Waals surface area (Å²) in [5.74, 6) is 0. The van der Waals surface area contributed by atoms with Crippen LogP contribution in [0.15, 0.2) is 10.4 Å². The Morgan fingerprint density at radius 2 is 2.16 bits per heavy atom. The van der Waals surface area contributed by atoms with E-state index in [1.165, 1.54) is 25.5 Å². The van der Waals surface area contributed by atoms with Crippen LogP contribution in [0.4, 0.5) is 0 Å². The van der Waals surface area contributed by atoms with E-state index in [0.717, 1.165) is 24.2 Å². The van der Waals surface area contributed by atoms with Crippen molar-refractivity contribution in [3.05, 3.63) is 10.7 Å². The summed E-state index contributed by atoms with van der Waals surface area (Å²) in [5, 5.41) is 0. The largest absolute Gasteiger partial charge is 0.251 e. The van der Waals surface area contributed by atoms with E-state index in [-0.39, 0.29) is 13.4 Å². The third kappa shape index (κ3) is 3.85. The summed E-state index contributed by atoms with van der Waals surface area (Å²) in [7, 11) is -3.48. The second kappa shape index (κ2) is 6.30. The lowest BCUT2D eigenvalue weighted by Crippen LogP contribution is -2.41. The molecule has 108 valence electrons. The summed E-state index contributed by atoms with van der Waals surface area (Å²) in [6, 6.07) is 0. The first-order valence-electron chi connectivity index (χ1n) is 6.14. The second-order valence-corrected chi connectivity index (χ2v) is 9.59. The molecule has 2 rings (SSSR count). The zero-order valence-electron chi connectivity index (χ0n) is 10.7. The molecule has 0 saturated heterocycles. The molecule has 8 heteroatoms. The van der Waals surface area contributed by atoms with Crippen LogP contribution in [0.5, 0.6) is 0 Å². The van der Waals surface area contributed by atoms with Crippen LogP contribution < -0.4 is 4.72 Å². The van der Waals surface area contributed by atoms with Crippen molar-refractivity contribution in [3.63, 3.8) is 0 Å². The van der Waals surface area contributed by atoms with Crippen LogP contribution in [0.25, 0.3) is 0 Å². The van der Waals surface area contributed by atoms with Gasteiger partial charge in [0.1, 0.15) is 0 Å². The van der Waals surface area contributed by atoms with Crippen LogP contribution in [0, 0.1) is 0 Å². The molecule has 1 aliphatic rings. The van der Waals surface area contributed by atoms with E-state index in [0.29, 0.717) is 6.54 Å². The number of hydrogen-bond acceptors (Lipinski definition) is 5. The van der Waals surface area contributed by atoms with Gasteiger partial charge in [0.25, 0.3) is 10.0 Å². The summed E-state index contributed by atoms with van der Waals surface area (Å²) < 4.78 is 27.5. The number of aromatic nitrogens is 1. The summed E-state index contributed by atoms with van der Waals surface area (Å²) in [6.45, 7) is 0.478. The molecule has 1 aromatic rings. The van der Waals surface area contributed by atoms with Gasteiger partial charge in [-0.3, -0.25) is 0 Å². The minimum absolute atomic E-state index is 0.0415. The average molecular weight is 341 g/mol. The summed E-state index contributed by atoms with van der Waals surface area (Å²) in [4.78, 5) is 3.77. The fraction of sp³-hybridized carbons (Fsp3) is 0.727. The lowest BCUT2D eigenvalue weighted by atomic mass is 9.88. The van der Waals surface area contributed by atoms with Crippen LogP contribution in [0.1, 0.15) is 32.1 Å². The van der Waals surface area contributed by atoms with Crippen molar-refractivity contribution in [2.75, 3.05) is 12.8 Å². The number of hydrogen-bond donors (Lipinski definition) is 1. The molecule has 0 bridgehead atoms. The van der Waals surface area contributed by atoms with Crippen molar-refractivity contribution in [2.24, 2.45) is 0 Å². The first-order valence-corrected chi connectivity index (χ1v) is 10.0. The van der Waals surface area contributed by atoms with Crippen LogP contribution >= 0.6 is 34.7 Å². The Kier molecular flexibility index (Phi) is 5.16. The molecular weight excluding hydrogens is 324 g/mol. The van der Waals surface area contributed by atoms with Gasteiger partial charge in [-0.15, -0.1) is 0 Å². The smallest absolute Gasteiger partial charge is 0.232 e.